The van der Waals surface area contributed by atoms with Crippen molar-refractivity contribution in [3.63, 3.8) is 0 Å². The first kappa shape index (κ1) is 19.5. The molecule has 1 fully saturated rings. The van der Waals surface area contributed by atoms with Gasteiger partial charge in [0.15, 0.2) is 23.1 Å². The lowest BCUT2D eigenvalue weighted by Gasteiger charge is -2.39. The topological polar surface area (TPSA) is 154 Å². The number of rotatable bonds is 3. The number of ketones is 2. The first-order valence-electron chi connectivity index (χ1n) is 8.86. The van der Waals surface area contributed by atoms with Gasteiger partial charge in [-0.05, 0) is 12.1 Å². The fraction of sp³-hybridized carbons (Fsp3) is 0.300. The number of aliphatic hydroxyl groups excluding tert-OH is 4. The third-order valence-corrected chi connectivity index (χ3v) is 5.11. The number of carbonyl (C=O) groups excluding carboxylic acids is 2. The SMILES string of the molecule is O=C1c2ccccc2C(=O)c2c1ccc(O)c2O[C@H]1O[C@H](CO)[C@H](O)[C@H](O)[C@H]1O. The number of phenols is 1. The summed E-state index contributed by atoms with van der Waals surface area (Å²) in [6.45, 7) is -0.672. The van der Waals surface area contributed by atoms with Crippen LogP contribution in [0, 0.1) is 0 Å². The van der Waals surface area contributed by atoms with Gasteiger partial charge >= 0.3 is 0 Å². The molecule has 5 atom stereocenters. The van der Waals surface area contributed by atoms with E-state index in [1.807, 2.05) is 0 Å². The molecule has 2 aromatic rings. The van der Waals surface area contributed by atoms with Gasteiger partial charge in [-0.15, -0.1) is 0 Å². The van der Waals surface area contributed by atoms with Crippen LogP contribution in [0.25, 0.3) is 0 Å². The van der Waals surface area contributed by atoms with Gasteiger partial charge in [-0.25, -0.2) is 0 Å². The van der Waals surface area contributed by atoms with Gasteiger partial charge in [0, 0.05) is 16.7 Å². The van der Waals surface area contributed by atoms with E-state index >= 15 is 0 Å². The quantitative estimate of drug-likeness (QED) is 0.384. The van der Waals surface area contributed by atoms with Crippen molar-refractivity contribution >= 4 is 11.6 Å². The molecule has 2 aliphatic rings. The highest BCUT2D eigenvalue weighted by atomic mass is 16.7. The molecule has 0 unspecified atom stereocenters. The molecule has 9 heteroatoms. The van der Waals surface area contributed by atoms with Gasteiger partial charge in [-0.2, -0.15) is 0 Å². The van der Waals surface area contributed by atoms with Crippen LogP contribution in [0.2, 0.25) is 0 Å². The Hall–Kier alpha value is -2.82. The molecule has 1 aliphatic carbocycles. The molecule has 152 valence electrons. The van der Waals surface area contributed by atoms with Gasteiger partial charge in [0.1, 0.15) is 24.4 Å². The van der Waals surface area contributed by atoms with Crippen LogP contribution in [0.1, 0.15) is 31.8 Å². The van der Waals surface area contributed by atoms with E-state index in [1.165, 1.54) is 18.2 Å². The van der Waals surface area contributed by atoms with Crippen LogP contribution in [0.3, 0.4) is 0 Å². The molecule has 2 aromatic carbocycles. The molecule has 4 rings (SSSR count). The summed E-state index contributed by atoms with van der Waals surface area (Å²) in [4.78, 5) is 25.8. The summed E-state index contributed by atoms with van der Waals surface area (Å²) >= 11 is 0. The van der Waals surface area contributed by atoms with Crippen molar-refractivity contribution in [3.8, 4) is 11.5 Å². The summed E-state index contributed by atoms with van der Waals surface area (Å²) in [6.07, 6.45) is -7.90. The minimum atomic E-state index is -1.75. The monoisotopic (exact) mass is 402 g/mol. The van der Waals surface area contributed by atoms with Gasteiger partial charge in [0.2, 0.25) is 6.29 Å². The van der Waals surface area contributed by atoms with E-state index in [4.69, 9.17) is 9.47 Å². The summed E-state index contributed by atoms with van der Waals surface area (Å²) in [5.74, 6) is -1.89. The van der Waals surface area contributed by atoms with E-state index in [0.717, 1.165) is 6.07 Å². The Morgan fingerprint density at radius 1 is 0.862 bits per heavy atom. The molecule has 29 heavy (non-hydrogen) atoms. The molecule has 1 saturated heterocycles. The van der Waals surface area contributed by atoms with Crippen LogP contribution in [0.15, 0.2) is 36.4 Å². The second kappa shape index (κ2) is 7.21. The van der Waals surface area contributed by atoms with E-state index in [9.17, 15) is 35.1 Å². The summed E-state index contributed by atoms with van der Waals surface area (Å²) < 4.78 is 10.8. The number of ether oxygens (including phenoxy) is 2. The van der Waals surface area contributed by atoms with Gasteiger partial charge in [-0.1, -0.05) is 24.3 Å². The Labute approximate surface area is 164 Å². The standard InChI is InChI=1S/C20H18O9/c21-7-12-16(25)17(26)18(27)20(28-12)29-19-11(22)6-5-10-13(19)15(24)9-4-2-1-3-8(9)14(10)23/h1-6,12,16-18,20-22,25-27H,7H2/t12-,16+,17+,18-,20-/m1/s1. The van der Waals surface area contributed by atoms with Crippen molar-refractivity contribution in [2.45, 2.75) is 30.7 Å². The fourth-order valence-corrected chi connectivity index (χ4v) is 3.55. The van der Waals surface area contributed by atoms with Crippen molar-refractivity contribution < 1.29 is 44.6 Å². The molecule has 0 radical (unpaired) electrons. The van der Waals surface area contributed by atoms with E-state index in [0.29, 0.717) is 0 Å². The minimum absolute atomic E-state index is 0.00564. The van der Waals surface area contributed by atoms with E-state index in [-0.39, 0.29) is 22.3 Å². The second-order valence-electron chi connectivity index (χ2n) is 6.86. The fourth-order valence-electron chi connectivity index (χ4n) is 3.55. The highest BCUT2D eigenvalue weighted by Crippen LogP contribution is 2.40. The predicted octanol–water partition coefficient (Wildman–Crippen LogP) is -0.654. The van der Waals surface area contributed by atoms with Crippen LogP contribution in [0.5, 0.6) is 11.5 Å². The summed E-state index contributed by atoms with van der Waals surface area (Å²) in [5.41, 5.74) is 0.153. The minimum Gasteiger partial charge on any atom is -0.504 e. The molecular weight excluding hydrogens is 384 g/mol. The molecule has 0 saturated carbocycles. The van der Waals surface area contributed by atoms with Crippen LogP contribution >= 0.6 is 0 Å². The Morgan fingerprint density at radius 2 is 1.52 bits per heavy atom. The van der Waals surface area contributed by atoms with E-state index in [2.05, 4.69) is 0 Å². The largest absolute Gasteiger partial charge is 0.504 e. The molecule has 9 nitrogen and oxygen atoms in total. The maximum Gasteiger partial charge on any atom is 0.229 e. The van der Waals surface area contributed by atoms with E-state index in [1.54, 1.807) is 12.1 Å². The van der Waals surface area contributed by atoms with Gasteiger partial charge < -0.3 is 35.0 Å². The van der Waals surface area contributed by atoms with Crippen LogP contribution < -0.4 is 4.74 Å². The molecule has 0 bridgehead atoms. The van der Waals surface area contributed by atoms with Crippen LogP contribution in [-0.4, -0.2) is 74.4 Å². The third-order valence-electron chi connectivity index (χ3n) is 5.11. The van der Waals surface area contributed by atoms with Gasteiger partial charge in [0.25, 0.3) is 0 Å². The molecule has 0 amide bonds. The first-order valence-corrected chi connectivity index (χ1v) is 8.86. The average molecular weight is 402 g/mol. The van der Waals surface area contributed by atoms with Crippen molar-refractivity contribution in [1.29, 1.82) is 0 Å². The summed E-state index contributed by atoms with van der Waals surface area (Å²) in [6, 6.07) is 8.67. The smallest absolute Gasteiger partial charge is 0.229 e. The summed E-state index contributed by atoms with van der Waals surface area (Å²) in [7, 11) is 0. The second-order valence-corrected chi connectivity index (χ2v) is 6.86. The normalized spacial score (nSPS) is 28.6. The van der Waals surface area contributed by atoms with Crippen LogP contribution in [-0.2, 0) is 4.74 Å². The predicted molar refractivity (Wildman–Crippen MR) is 95.8 cm³/mol. The number of hydrogen-bond acceptors (Lipinski definition) is 9. The number of phenolic OH excluding ortho intramolecular Hbond substituents is 1. The third kappa shape index (κ3) is 3.00. The maximum atomic E-state index is 13.0. The maximum absolute atomic E-state index is 13.0. The molecule has 5 N–H and O–H groups in total. The number of carbonyl (C=O) groups is 2. The number of aromatic hydroxyl groups is 1. The molecule has 0 aromatic heterocycles. The lowest BCUT2D eigenvalue weighted by Crippen LogP contribution is -2.60. The van der Waals surface area contributed by atoms with E-state index < -0.39 is 60.4 Å². The highest BCUT2D eigenvalue weighted by molar-refractivity contribution is 6.29. The van der Waals surface area contributed by atoms with Crippen molar-refractivity contribution in [2.75, 3.05) is 6.61 Å². The average Bonchev–Trinajstić information content (AvgIpc) is 2.73. The molecular formula is C20H18O9. The van der Waals surface area contributed by atoms with Gasteiger partial charge in [0.05, 0.1) is 12.2 Å². The Balaban J connectivity index is 1.77. The van der Waals surface area contributed by atoms with Gasteiger partial charge in [-0.3, -0.25) is 9.59 Å². The zero-order valence-electron chi connectivity index (χ0n) is 14.9. The Kier molecular flexibility index (Phi) is 4.85. The van der Waals surface area contributed by atoms with Crippen molar-refractivity contribution in [3.05, 3.63) is 58.7 Å². The Morgan fingerprint density at radius 3 is 2.17 bits per heavy atom. The zero-order chi connectivity index (χ0) is 20.9. The van der Waals surface area contributed by atoms with Crippen LogP contribution in [0.4, 0.5) is 0 Å². The lowest BCUT2D eigenvalue weighted by atomic mass is 9.83. The zero-order valence-corrected chi connectivity index (χ0v) is 14.9. The molecule has 1 heterocycles. The summed E-state index contributed by atoms with van der Waals surface area (Å²) in [5, 5.41) is 49.6. The van der Waals surface area contributed by atoms with Crippen molar-refractivity contribution in [1.82, 2.24) is 0 Å². The number of benzene rings is 2. The Bertz CT molecular complexity index is 984. The van der Waals surface area contributed by atoms with Crippen molar-refractivity contribution in [2.24, 2.45) is 0 Å². The lowest BCUT2D eigenvalue weighted by molar-refractivity contribution is -0.277. The molecule has 0 spiro atoms. The number of aliphatic hydroxyl groups is 4. The number of fused-ring (bicyclic) bond motifs is 2. The number of hydrogen-bond donors (Lipinski definition) is 5. The first-order chi connectivity index (χ1) is 13.8. The highest BCUT2D eigenvalue weighted by Gasteiger charge is 2.45. The molecule has 1 aliphatic heterocycles.